The average molecular weight is 1090 g/mol. The molecule has 440 valence electrons. The molecule has 0 radical (unpaired) electrons. The SMILES string of the molecule is CCCCCC1=C(c2cccc(CCCC)c2)[N+](=[N-])C(c2cccc(CCCC)c2)=C1CCCC.[CH2-]CCCCCCCCCCCCCCCCCCC.[CH2-]CCCCCCCCCCCCCCCCCCC.[Ni+2]. The summed E-state index contributed by atoms with van der Waals surface area (Å²) in [6.45, 7) is 21.4. The molecule has 2 aromatic rings. The minimum Gasteiger partial charge on any atom is -0.493 e. The number of hydrogen-bond acceptors (Lipinski definition) is 0. The van der Waals surface area contributed by atoms with Crippen molar-refractivity contribution in [3.63, 3.8) is 0 Å². The van der Waals surface area contributed by atoms with Crippen LogP contribution in [0.5, 0.6) is 0 Å². The van der Waals surface area contributed by atoms with Crippen molar-refractivity contribution in [3.8, 4) is 0 Å². The molecule has 0 saturated carbocycles. The second kappa shape index (κ2) is 56.3. The third-order valence-electron chi connectivity index (χ3n) is 15.9. The van der Waals surface area contributed by atoms with Crippen molar-refractivity contribution in [3.05, 3.63) is 101 Å². The molecule has 3 rings (SSSR count). The predicted octanol–water partition coefficient (Wildman–Crippen LogP) is 26.0. The predicted molar refractivity (Wildman–Crippen MR) is 340 cm³/mol. The summed E-state index contributed by atoms with van der Waals surface area (Å²) in [6, 6.07) is 17.8. The van der Waals surface area contributed by atoms with E-state index in [0.29, 0.717) is 0 Å². The summed E-state index contributed by atoms with van der Waals surface area (Å²) < 4.78 is 1.55. The Morgan fingerprint density at radius 2 is 0.539 bits per heavy atom. The van der Waals surface area contributed by atoms with E-state index in [1.165, 1.54) is 279 Å². The molecule has 1 aliphatic heterocycles. The van der Waals surface area contributed by atoms with Crippen LogP contribution in [0.3, 0.4) is 0 Å². The zero-order chi connectivity index (χ0) is 54.5. The number of nitrogens with zero attached hydrogens (tertiary/aromatic N) is 2. The normalized spacial score (nSPS) is 12.2. The summed E-state index contributed by atoms with van der Waals surface area (Å²) in [4.78, 5) is 0. The Kier molecular flexibility index (Phi) is 54.8. The van der Waals surface area contributed by atoms with Crippen molar-refractivity contribution in [2.24, 2.45) is 0 Å². The molecule has 0 spiro atoms. The number of benzene rings is 2. The Balaban J connectivity index is 0.00000119. The van der Waals surface area contributed by atoms with Gasteiger partial charge in [0, 0.05) is 22.3 Å². The van der Waals surface area contributed by atoms with Gasteiger partial charge in [-0.25, -0.2) is 4.70 Å². The molecule has 0 atom stereocenters. The summed E-state index contributed by atoms with van der Waals surface area (Å²) in [6.07, 6.45) is 66.5. The minimum atomic E-state index is 0. The first-order chi connectivity index (χ1) is 37.0. The molecule has 0 aliphatic carbocycles. The molecule has 0 amide bonds. The van der Waals surface area contributed by atoms with Crippen molar-refractivity contribution >= 4 is 11.4 Å². The summed E-state index contributed by atoms with van der Waals surface area (Å²) in [5.41, 5.74) is 21.6. The standard InChI is InChI=1S/C33H46N2.2C20H41.Ni/c1-5-9-13-23-31-30(22-12-8-4)32(28-20-14-18-26(24-28)16-10-6-2)35(34)33(31)29-21-15-19-27(25-29)17-11-7-3;2*1-3-5-7-9-11-13-15-17-19-20-18-16-14-12-10-8-6-4-2;/h14-15,18-21,24-25H,5-13,16-17,22-23H2,1-4H3;2*1,3-20H2,2H3;/q;2*-1;+2. The van der Waals surface area contributed by atoms with Gasteiger partial charge in [0.05, 0.1) is 0 Å². The molecule has 1 heterocycles. The molecule has 2 aromatic carbocycles. The minimum absolute atomic E-state index is 0. The van der Waals surface area contributed by atoms with Gasteiger partial charge >= 0.3 is 16.5 Å². The van der Waals surface area contributed by atoms with Crippen LogP contribution in [-0.4, -0.2) is 4.70 Å². The van der Waals surface area contributed by atoms with E-state index < -0.39 is 0 Å². The van der Waals surface area contributed by atoms with Gasteiger partial charge in [-0.3, -0.25) is 0 Å². The van der Waals surface area contributed by atoms with Crippen molar-refractivity contribution in [2.45, 2.75) is 356 Å². The molecule has 2 nitrogen and oxygen atoms in total. The summed E-state index contributed by atoms with van der Waals surface area (Å²) in [7, 11) is 0. The quantitative estimate of drug-likeness (QED) is 0.0273. The largest absolute Gasteiger partial charge is 2.00 e. The molecule has 0 bridgehead atoms. The van der Waals surface area contributed by atoms with Gasteiger partial charge in [-0.05, 0) is 86.8 Å². The fourth-order valence-electron chi connectivity index (χ4n) is 11.0. The molecule has 0 fully saturated rings. The summed E-state index contributed by atoms with van der Waals surface area (Å²) >= 11 is 0. The van der Waals surface area contributed by atoms with Gasteiger partial charge in [0.1, 0.15) is 0 Å². The zero-order valence-electron chi connectivity index (χ0n) is 51.9. The summed E-state index contributed by atoms with van der Waals surface area (Å²) in [5, 5.41) is 0. The van der Waals surface area contributed by atoms with Gasteiger partial charge in [-0.1, -0.05) is 316 Å². The maximum atomic E-state index is 11.8. The average Bonchev–Trinajstić information content (AvgIpc) is 3.71. The Bertz CT molecular complexity index is 1560. The Morgan fingerprint density at radius 3 is 0.816 bits per heavy atom. The zero-order valence-corrected chi connectivity index (χ0v) is 52.9. The third kappa shape index (κ3) is 38.6. The summed E-state index contributed by atoms with van der Waals surface area (Å²) in [5.74, 6) is 0. The van der Waals surface area contributed by atoms with E-state index in [9.17, 15) is 5.53 Å². The number of aryl methyl sites for hydroxylation is 2. The Hall–Kier alpha value is -1.99. The van der Waals surface area contributed by atoms with Crippen molar-refractivity contribution in [2.75, 3.05) is 0 Å². The first-order valence-corrected chi connectivity index (χ1v) is 33.7. The third-order valence-corrected chi connectivity index (χ3v) is 15.9. The molecule has 0 saturated heterocycles. The van der Waals surface area contributed by atoms with Crippen LogP contribution in [0.1, 0.15) is 366 Å². The van der Waals surface area contributed by atoms with Gasteiger partial charge < -0.3 is 19.4 Å². The molecule has 0 N–H and O–H groups in total. The first-order valence-electron chi connectivity index (χ1n) is 33.7. The van der Waals surface area contributed by atoms with Crippen LogP contribution < -0.4 is 0 Å². The van der Waals surface area contributed by atoms with Gasteiger partial charge in [-0.2, -0.15) is 12.8 Å². The van der Waals surface area contributed by atoms with E-state index >= 15 is 0 Å². The number of unbranched alkanes of at least 4 members (excludes halogenated alkanes) is 39. The Morgan fingerprint density at radius 1 is 0.303 bits per heavy atom. The molecule has 3 heteroatoms. The van der Waals surface area contributed by atoms with Gasteiger partial charge in [-0.15, -0.1) is 0 Å². The van der Waals surface area contributed by atoms with E-state index in [1.807, 2.05) is 0 Å². The van der Waals surface area contributed by atoms with Crippen LogP contribution in [0.25, 0.3) is 16.9 Å². The topological polar surface area (TPSA) is 25.3 Å². The van der Waals surface area contributed by atoms with Crippen LogP contribution in [0.4, 0.5) is 0 Å². The maximum absolute atomic E-state index is 11.8. The molecule has 0 aromatic heterocycles. The second-order valence-electron chi connectivity index (χ2n) is 23.2. The fraction of sp³-hybridized carbons (Fsp3) is 0.753. The smallest absolute Gasteiger partial charge is 0.493 e. The van der Waals surface area contributed by atoms with Crippen molar-refractivity contribution in [1.82, 2.24) is 0 Å². The van der Waals surface area contributed by atoms with E-state index in [0.717, 1.165) is 80.3 Å². The van der Waals surface area contributed by atoms with E-state index in [4.69, 9.17) is 0 Å². The van der Waals surface area contributed by atoms with Crippen LogP contribution >= 0.6 is 0 Å². The van der Waals surface area contributed by atoms with Gasteiger partial charge in [0.15, 0.2) is 0 Å². The fourth-order valence-corrected chi connectivity index (χ4v) is 11.0. The first kappa shape index (κ1) is 74.0. The van der Waals surface area contributed by atoms with Crippen molar-refractivity contribution in [1.29, 1.82) is 0 Å². The molecular weight excluding hydrogens is 964 g/mol. The second-order valence-corrected chi connectivity index (χ2v) is 23.2. The monoisotopic (exact) mass is 1090 g/mol. The van der Waals surface area contributed by atoms with Crippen molar-refractivity contribution < 1.29 is 21.2 Å². The van der Waals surface area contributed by atoms with Gasteiger partial charge in [0.2, 0.25) is 11.4 Å². The Labute approximate surface area is 487 Å². The van der Waals surface area contributed by atoms with E-state index in [-0.39, 0.29) is 16.5 Å². The molecule has 76 heavy (non-hydrogen) atoms. The maximum Gasteiger partial charge on any atom is 2.00 e. The number of hydrogen-bond donors (Lipinski definition) is 0. The number of rotatable bonds is 49. The van der Waals surface area contributed by atoms with Crippen LogP contribution in [-0.2, 0) is 29.3 Å². The van der Waals surface area contributed by atoms with E-state index in [2.05, 4.69) is 104 Å². The number of allylic oxidation sites excluding steroid dienone is 2. The molecular formula is C73H128N2Ni. The van der Waals surface area contributed by atoms with Crippen LogP contribution in [0.2, 0.25) is 0 Å². The molecule has 1 aliphatic rings. The van der Waals surface area contributed by atoms with E-state index in [1.54, 1.807) is 4.70 Å². The van der Waals surface area contributed by atoms with Gasteiger partial charge in [0.25, 0.3) is 0 Å². The molecule has 0 unspecified atom stereocenters. The van der Waals surface area contributed by atoms with Crippen LogP contribution in [0, 0.1) is 13.8 Å². The van der Waals surface area contributed by atoms with Crippen LogP contribution in [0.15, 0.2) is 59.7 Å².